The lowest BCUT2D eigenvalue weighted by Gasteiger charge is -2.38. The molecule has 0 saturated heterocycles. The van der Waals surface area contributed by atoms with Crippen molar-refractivity contribution in [2.45, 2.75) is 85.5 Å². The van der Waals surface area contributed by atoms with Crippen LogP contribution in [0.25, 0.3) is 0 Å². The standard InChI is InChI=1S/C25H40O5S/c1-20(13-14-24-21(2)9-7-16-25(24,3)4)8-5-10-22(19-30-31(26,27)28)11-6-12-23-15-17-29-18-23/h8-9,15,17-18,22,24H,5-7,10-14,16,19H2,1-4H3,(H,26,27,28)/b20-8+. The molecule has 1 heterocycles. The van der Waals surface area contributed by atoms with E-state index in [1.54, 1.807) is 12.5 Å². The molecule has 0 bridgehead atoms. The number of hydrogen-bond donors (Lipinski definition) is 1. The molecule has 1 aliphatic rings. The van der Waals surface area contributed by atoms with E-state index in [-0.39, 0.29) is 12.5 Å². The van der Waals surface area contributed by atoms with Crippen molar-refractivity contribution in [3.63, 3.8) is 0 Å². The maximum absolute atomic E-state index is 11.0. The fourth-order valence-electron chi connectivity index (χ4n) is 4.79. The minimum absolute atomic E-state index is 0.0252. The lowest BCUT2D eigenvalue weighted by molar-refractivity contribution is 0.203. The van der Waals surface area contributed by atoms with Crippen molar-refractivity contribution in [3.05, 3.63) is 47.5 Å². The van der Waals surface area contributed by atoms with E-state index in [9.17, 15) is 8.42 Å². The summed E-state index contributed by atoms with van der Waals surface area (Å²) in [5, 5.41) is 0. The highest BCUT2D eigenvalue weighted by molar-refractivity contribution is 7.80. The van der Waals surface area contributed by atoms with Gasteiger partial charge in [0.1, 0.15) is 0 Å². The van der Waals surface area contributed by atoms with Gasteiger partial charge in [-0.3, -0.25) is 4.55 Å². The summed E-state index contributed by atoms with van der Waals surface area (Å²) < 4.78 is 40.7. The first kappa shape index (κ1) is 25.9. The zero-order valence-electron chi connectivity index (χ0n) is 19.6. The summed E-state index contributed by atoms with van der Waals surface area (Å²) >= 11 is 0. The third kappa shape index (κ3) is 9.75. The highest BCUT2D eigenvalue weighted by Crippen LogP contribution is 2.43. The van der Waals surface area contributed by atoms with Crippen molar-refractivity contribution in [2.75, 3.05) is 6.61 Å². The molecule has 5 nitrogen and oxygen atoms in total. The Morgan fingerprint density at radius 1 is 1.39 bits per heavy atom. The Balaban J connectivity index is 1.81. The van der Waals surface area contributed by atoms with Crippen LogP contribution in [0.2, 0.25) is 0 Å². The Bertz CT molecular complexity index is 818. The van der Waals surface area contributed by atoms with Crippen LogP contribution in [0.15, 0.2) is 46.3 Å². The van der Waals surface area contributed by atoms with Gasteiger partial charge in [-0.1, -0.05) is 37.1 Å². The van der Waals surface area contributed by atoms with Gasteiger partial charge in [-0.25, -0.2) is 4.18 Å². The van der Waals surface area contributed by atoms with E-state index in [2.05, 4.69) is 44.0 Å². The van der Waals surface area contributed by atoms with Crippen molar-refractivity contribution < 1.29 is 21.6 Å². The Morgan fingerprint density at radius 3 is 2.81 bits per heavy atom. The maximum atomic E-state index is 11.0. The van der Waals surface area contributed by atoms with Crippen molar-refractivity contribution in [1.82, 2.24) is 0 Å². The molecule has 0 aliphatic heterocycles. The van der Waals surface area contributed by atoms with Crippen LogP contribution in [0.4, 0.5) is 0 Å². The fraction of sp³-hybridized carbons (Fsp3) is 0.680. The molecule has 0 spiro atoms. The molecule has 1 aromatic rings. The highest BCUT2D eigenvalue weighted by Gasteiger charge is 2.32. The number of allylic oxidation sites excluding steroid dienone is 4. The van der Waals surface area contributed by atoms with Gasteiger partial charge in [0.05, 0.1) is 19.1 Å². The molecule has 2 rings (SSSR count). The molecule has 0 saturated carbocycles. The van der Waals surface area contributed by atoms with Crippen LogP contribution in [-0.4, -0.2) is 19.6 Å². The van der Waals surface area contributed by atoms with Crippen molar-refractivity contribution in [2.24, 2.45) is 17.3 Å². The second-order valence-corrected chi connectivity index (χ2v) is 10.9. The Labute approximate surface area is 188 Å². The minimum Gasteiger partial charge on any atom is -0.472 e. The Morgan fingerprint density at radius 2 is 2.16 bits per heavy atom. The second kappa shape index (κ2) is 12.0. The molecular formula is C25H40O5S. The van der Waals surface area contributed by atoms with E-state index in [0.717, 1.165) is 44.1 Å². The van der Waals surface area contributed by atoms with E-state index < -0.39 is 10.4 Å². The topological polar surface area (TPSA) is 76.7 Å². The van der Waals surface area contributed by atoms with Crippen LogP contribution in [0.3, 0.4) is 0 Å². The van der Waals surface area contributed by atoms with Crippen LogP contribution in [-0.2, 0) is 21.0 Å². The first-order valence-corrected chi connectivity index (χ1v) is 12.9. The van der Waals surface area contributed by atoms with Crippen molar-refractivity contribution >= 4 is 10.4 Å². The third-order valence-electron chi connectivity index (χ3n) is 6.75. The molecule has 1 aliphatic carbocycles. The predicted molar refractivity (Wildman–Crippen MR) is 125 cm³/mol. The van der Waals surface area contributed by atoms with E-state index >= 15 is 0 Å². The maximum Gasteiger partial charge on any atom is 0.397 e. The zero-order valence-corrected chi connectivity index (χ0v) is 20.4. The summed E-state index contributed by atoms with van der Waals surface area (Å²) in [7, 11) is -4.40. The van der Waals surface area contributed by atoms with Gasteiger partial charge in [0.25, 0.3) is 0 Å². The van der Waals surface area contributed by atoms with E-state index in [1.165, 1.54) is 30.4 Å². The Hall–Kier alpha value is -1.37. The normalized spacial score (nSPS) is 20.5. The Kier molecular flexibility index (Phi) is 10.0. The SMILES string of the molecule is CC1=CCCC(C)(C)C1CC/C(C)=C/CCC(CCCc1ccoc1)COS(=O)(=O)O. The predicted octanol–water partition coefficient (Wildman–Crippen LogP) is 6.93. The van der Waals surface area contributed by atoms with Crippen LogP contribution in [0.5, 0.6) is 0 Å². The molecule has 0 aromatic carbocycles. The highest BCUT2D eigenvalue weighted by atomic mass is 32.3. The van der Waals surface area contributed by atoms with Crippen LogP contribution >= 0.6 is 0 Å². The fourth-order valence-corrected chi connectivity index (χ4v) is 5.15. The van der Waals surface area contributed by atoms with Crippen molar-refractivity contribution in [1.29, 1.82) is 0 Å². The minimum atomic E-state index is -4.40. The van der Waals surface area contributed by atoms with Gasteiger partial charge in [-0.2, -0.15) is 8.42 Å². The van der Waals surface area contributed by atoms with Crippen LogP contribution in [0, 0.1) is 17.3 Å². The number of rotatable bonds is 13. The smallest absolute Gasteiger partial charge is 0.397 e. The van der Waals surface area contributed by atoms with Gasteiger partial charge in [0, 0.05) is 0 Å². The molecule has 6 heteroatoms. The van der Waals surface area contributed by atoms with Crippen LogP contribution in [0.1, 0.15) is 84.6 Å². The first-order chi connectivity index (χ1) is 14.6. The summed E-state index contributed by atoms with van der Waals surface area (Å²) in [6.45, 7) is 9.26. The molecule has 2 atom stereocenters. The van der Waals surface area contributed by atoms with Gasteiger partial charge in [-0.05, 0) is 101 Å². The summed E-state index contributed by atoms with van der Waals surface area (Å²) in [6.07, 6.45) is 17.2. The second-order valence-electron chi connectivity index (χ2n) is 9.80. The lowest BCUT2D eigenvalue weighted by Crippen LogP contribution is -2.27. The van der Waals surface area contributed by atoms with Gasteiger partial charge < -0.3 is 4.42 Å². The van der Waals surface area contributed by atoms with Gasteiger partial charge in [-0.15, -0.1) is 0 Å². The first-order valence-electron chi connectivity index (χ1n) is 11.5. The molecule has 31 heavy (non-hydrogen) atoms. The van der Waals surface area contributed by atoms with Crippen LogP contribution < -0.4 is 0 Å². The van der Waals surface area contributed by atoms with Gasteiger partial charge >= 0.3 is 10.4 Å². The average molecular weight is 453 g/mol. The number of aryl methyl sites for hydroxylation is 1. The molecule has 176 valence electrons. The summed E-state index contributed by atoms with van der Waals surface area (Å²) in [5.41, 5.74) is 4.43. The summed E-state index contributed by atoms with van der Waals surface area (Å²) in [4.78, 5) is 0. The largest absolute Gasteiger partial charge is 0.472 e. The monoisotopic (exact) mass is 452 g/mol. The van der Waals surface area contributed by atoms with E-state index in [0.29, 0.717) is 11.3 Å². The quantitative estimate of drug-likeness (QED) is 0.259. The average Bonchev–Trinajstić information content (AvgIpc) is 3.17. The summed E-state index contributed by atoms with van der Waals surface area (Å²) in [5.74, 6) is 0.726. The molecular weight excluding hydrogens is 412 g/mol. The number of hydrogen-bond acceptors (Lipinski definition) is 4. The van der Waals surface area contributed by atoms with Gasteiger partial charge in [0.2, 0.25) is 0 Å². The zero-order chi connectivity index (χ0) is 22.9. The molecule has 0 amide bonds. The molecule has 1 N–H and O–H groups in total. The van der Waals surface area contributed by atoms with E-state index in [4.69, 9.17) is 8.97 Å². The van der Waals surface area contributed by atoms with E-state index in [1.807, 2.05) is 6.07 Å². The lowest BCUT2D eigenvalue weighted by atomic mass is 9.67. The van der Waals surface area contributed by atoms with Gasteiger partial charge in [0.15, 0.2) is 0 Å². The number of furan rings is 1. The third-order valence-corrected chi connectivity index (χ3v) is 7.19. The molecule has 2 unspecified atom stereocenters. The molecule has 1 aromatic heterocycles. The molecule has 0 fully saturated rings. The molecule has 0 radical (unpaired) electrons. The summed E-state index contributed by atoms with van der Waals surface area (Å²) in [6, 6.07) is 1.94. The van der Waals surface area contributed by atoms with Crippen molar-refractivity contribution in [3.8, 4) is 0 Å².